The van der Waals surface area contributed by atoms with Gasteiger partial charge in [-0.2, -0.15) is 0 Å². The summed E-state index contributed by atoms with van der Waals surface area (Å²) >= 11 is 0. The SMILES string of the molecule is COCCn1nnnc1CN(Cc1cc2c(C)ccc(C)c2[nH]c1=O)C1CCCC1. The monoisotopic (exact) mass is 410 g/mol. The molecule has 4 rings (SSSR count). The topological polar surface area (TPSA) is 88.9 Å². The number of ether oxygens (including phenoxy) is 1. The van der Waals surface area contributed by atoms with E-state index < -0.39 is 0 Å². The largest absolute Gasteiger partial charge is 0.383 e. The number of hydrogen-bond acceptors (Lipinski definition) is 6. The summed E-state index contributed by atoms with van der Waals surface area (Å²) in [6.07, 6.45) is 4.73. The van der Waals surface area contributed by atoms with Crippen LogP contribution in [0.4, 0.5) is 0 Å². The van der Waals surface area contributed by atoms with Gasteiger partial charge in [0, 0.05) is 30.6 Å². The first-order chi connectivity index (χ1) is 14.6. The van der Waals surface area contributed by atoms with E-state index in [1.165, 1.54) is 18.4 Å². The number of benzene rings is 1. The van der Waals surface area contributed by atoms with Crippen LogP contribution in [0.2, 0.25) is 0 Å². The van der Waals surface area contributed by atoms with Crippen LogP contribution in [0.5, 0.6) is 0 Å². The van der Waals surface area contributed by atoms with Crippen molar-refractivity contribution in [2.75, 3.05) is 13.7 Å². The third-order valence-corrected chi connectivity index (χ3v) is 6.19. The van der Waals surface area contributed by atoms with Crippen molar-refractivity contribution in [2.45, 2.75) is 65.2 Å². The Balaban J connectivity index is 1.64. The molecule has 8 heteroatoms. The molecule has 2 heterocycles. The van der Waals surface area contributed by atoms with E-state index in [-0.39, 0.29) is 5.56 Å². The standard InChI is InChI=1S/C22H30N6O2/c1-15-8-9-16(2)21-19(15)12-17(22(29)23-21)13-27(18-6-4-5-7-18)14-20-24-25-26-28(20)10-11-30-3/h8-9,12,18H,4-7,10-11,13-14H2,1-3H3,(H,23,29). The number of aryl methyl sites for hydroxylation is 2. The van der Waals surface area contributed by atoms with Crippen molar-refractivity contribution in [3.63, 3.8) is 0 Å². The van der Waals surface area contributed by atoms with Crippen molar-refractivity contribution in [3.05, 3.63) is 51.1 Å². The van der Waals surface area contributed by atoms with Gasteiger partial charge in [0.05, 0.1) is 25.2 Å². The second-order valence-electron chi connectivity index (χ2n) is 8.27. The van der Waals surface area contributed by atoms with Crippen LogP contribution >= 0.6 is 0 Å². The number of nitrogens with zero attached hydrogens (tertiary/aromatic N) is 5. The smallest absolute Gasteiger partial charge is 0.252 e. The molecule has 0 radical (unpaired) electrons. The van der Waals surface area contributed by atoms with Gasteiger partial charge in [0.1, 0.15) is 0 Å². The number of tetrazole rings is 1. The van der Waals surface area contributed by atoms with Crippen molar-refractivity contribution in [2.24, 2.45) is 0 Å². The fourth-order valence-corrected chi connectivity index (χ4v) is 4.41. The Hall–Kier alpha value is -2.58. The van der Waals surface area contributed by atoms with Gasteiger partial charge in [-0.15, -0.1) is 5.10 Å². The second kappa shape index (κ2) is 9.06. The van der Waals surface area contributed by atoms with Gasteiger partial charge in [0.2, 0.25) is 0 Å². The highest BCUT2D eigenvalue weighted by atomic mass is 16.5. The maximum Gasteiger partial charge on any atom is 0.252 e. The molecule has 1 N–H and O–H groups in total. The molecule has 0 spiro atoms. The van der Waals surface area contributed by atoms with E-state index in [1.54, 1.807) is 11.8 Å². The van der Waals surface area contributed by atoms with Crippen LogP contribution in [-0.2, 0) is 24.4 Å². The lowest BCUT2D eigenvalue weighted by atomic mass is 10.0. The Morgan fingerprint density at radius 3 is 2.73 bits per heavy atom. The summed E-state index contributed by atoms with van der Waals surface area (Å²) in [4.78, 5) is 18.4. The minimum atomic E-state index is -0.0156. The number of fused-ring (bicyclic) bond motifs is 1. The van der Waals surface area contributed by atoms with Gasteiger partial charge < -0.3 is 9.72 Å². The number of aromatic nitrogens is 5. The Kier molecular flexibility index (Phi) is 6.24. The zero-order valence-corrected chi connectivity index (χ0v) is 18.0. The van der Waals surface area contributed by atoms with Crippen LogP contribution in [-0.4, -0.2) is 49.8 Å². The zero-order valence-electron chi connectivity index (χ0n) is 18.0. The van der Waals surface area contributed by atoms with Crippen molar-refractivity contribution in [3.8, 4) is 0 Å². The van der Waals surface area contributed by atoms with Gasteiger partial charge in [-0.25, -0.2) is 4.68 Å². The molecule has 30 heavy (non-hydrogen) atoms. The Morgan fingerprint density at radius 1 is 1.20 bits per heavy atom. The van der Waals surface area contributed by atoms with Crippen LogP contribution in [0.3, 0.4) is 0 Å². The number of hydrogen-bond donors (Lipinski definition) is 1. The lowest BCUT2D eigenvalue weighted by Gasteiger charge is -2.28. The molecular formula is C22H30N6O2. The number of nitrogens with one attached hydrogen (secondary N) is 1. The molecule has 1 fully saturated rings. The average molecular weight is 411 g/mol. The third kappa shape index (κ3) is 4.29. The quantitative estimate of drug-likeness (QED) is 0.614. The number of methoxy groups -OCH3 is 1. The predicted octanol–water partition coefficient (Wildman–Crippen LogP) is 2.72. The van der Waals surface area contributed by atoms with Crippen molar-refractivity contribution >= 4 is 10.9 Å². The molecule has 1 aromatic carbocycles. The average Bonchev–Trinajstić information content (AvgIpc) is 3.42. The summed E-state index contributed by atoms with van der Waals surface area (Å²) in [5.41, 5.74) is 3.96. The van der Waals surface area contributed by atoms with Crippen LogP contribution < -0.4 is 5.56 Å². The van der Waals surface area contributed by atoms with Crippen LogP contribution in [0.25, 0.3) is 10.9 Å². The number of pyridine rings is 1. The second-order valence-corrected chi connectivity index (χ2v) is 8.27. The molecule has 0 bridgehead atoms. The summed E-state index contributed by atoms with van der Waals surface area (Å²) < 4.78 is 6.97. The van der Waals surface area contributed by atoms with Gasteiger partial charge in [0.15, 0.2) is 5.82 Å². The molecule has 1 aliphatic carbocycles. The van der Waals surface area contributed by atoms with E-state index in [9.17, 15) is 4.79 Å². The first-order valence-electron chi connectivity index (χ1n) is 10.7. The van der Waals surface area contributed by atoms with Gasteiger partial charge in [-0.1, -0.05) is 25.0 Å². The van der Waals surface area contributed by atoms with Gasteiger partial charge in [-0.3, -0.25) is 9.69 Å². The molecule has 8 nitrogen and oxygen atoms in total. The maximum absolute atomic E-state index is 12.9. The molecule has 0 atom stereocenters. The molecule has 0 aliphatic heterocycles. The summed E-state index contributed by atoms with van der Waals surface area (Å²) in [6, 6.07) is 6.66. The summed E-state index contributed by atoms with van der Waals surface area (Å²) in [6.45, 7) is 6.49. The summed E-state index contributed by atoms with van der Waals surface area (Å²) in [7, 11) is 1.67. The lowest BCUT2D eigenvalue weighted by Crippen LogP contribution is -2.35. The molecule has 0 saturated heterocycles. The minimum Gasteiger partial charge on any atom is -0.383 e. The fourth-order valence-electron chi connectivity index (χ4n) is 4.41. The zero-order chi connectivity index (χ0) is 21.1. The summed E-state index contributed by atoms with van der Waals surface area (Å²) in [5, 5.41) is 13.3. The molecular weight excluding hydrogens is 380 g/mol. The molecule has 0 amide bonds. The number of rotatable bonds is 8. The Bertz CT molecular complexity index is 1070. The Morgan fingerprint density at radius 2 is 1.97 bits per heavy atom. The van der Waals surface area contributed by atoms with Crippen LogP contribution in [0, 0.1) is 13.8 Å². The van der Waals surface area contributed by atoms with E-state index in [4.69, 9.17) is 4.74 Å². The molecule has 160 valence electrons. The van der Waals surface area contributed by atoms with Gasteiger partial charge in [0.25, 0.3) is 5.56 Å². The maximum atomic E-state index is 12.9. The minimum absolute atomic E-state index is 0.0156. The molecule has 3 aromatic rings. The molecule has 0 unspecified atom stereocenters. The van der Waals surface area contributed by atoms with Crippen molar-refractivity contribution < 1.29 is 4.74 Å². The van der Waals surface area contributed by atoms with E-state index in [0.717, 1.165) is 40.7 Å². The summed E-state index contributed by atoms with van der Waals surface area (Å²) in [5.74, 6) is 0.809. The van der Waals surface area contributed by atoms with E-state index in [2.05, 4.69) is 50.5 Å². The predicted molar refractivity (Wildman–Crippen MR) is 115 cm³/mol. The molecule has 1 saturated carbocycles. The fraction of sp³-hybridized carbons (Fsp3) is 0.545. The highest BCUT2D eigenvalue weighted by molar-refractivity contribution is 5.85. The van der Waals surface area contributed by atoms with Gasteiger partial charge >= 0.3 is 0 Å². The highest BCUT2D eigenvalue weighted by Crippen LogP contribution is 2.27. The van der Waals surface area contributed by atoms with Gasteiger partial charge in [-0.05, 0) is 54.3 Å². The first kappa shape index (κ1) is 20.7. The van der Waals surface area contributed by atoms with E-state index in [0.29, 0.717) is 32.3 Å². The third-order valence-electron chi connectivity index (χ3n) is 6.19. The molecule has 2 aromatic heterocycles. The van der Waals surface area contributed by atoms with Crippen molar-refractivity contribution in [1.29, 1.82) is 0 Å². The van der Waals surface area contributed by atoms with E-state index in [1.807, 2.05) is 6.92 Å². The van der Waals surface area contributed by atoms with Crippen molar-refractivity contribution in [1.82, 2.24) is 30.1 Å². The van der Waals surface area contributed by atoms with Crippen LogP contribution in [0.15, 0.2) is 23.0 Å². The lowest BCUT2D eigenvalue weighted by molar-refractivity contribution is 0.162. The Labute approximate surface area is 176 Å². The molecule has 1 aliphatic rings. The first-order valence-corrected chi connectivity index (χ1v) is 10.7. The highest BCUT2D eigenvalue weighted by Gasteiger charge is 2.25. The number of H-pyrrole nitrogens is 1. The van der Waals surface area contributed by atoms with E-state index >= 15 is 0 Å². The van der Waals surface area contributed by atoms with Crippen LogP contribution in [0.1, 0.15) is 48.2 Å². The normalized spacial score (nSPS) is 14.9. The number of aromatic amines is 1.